The summed E-state index contributed by atoms with van der Waals surface area (Å²) in [5, 5.41) is 7.62. The van der Waals surface area contributed by atoms with Gasteiger partial charge in [0, 0.05) is 38.6 Å². The van der Waals surface area contributed by atoms with E-state index < -0.39 is 11.9 Å². The number of rotatable bonds is 6. The van der Waals surface area contributed by atoms with Crippen LogP contribution in [0.2, 0.25) is 0 Å². The van der Waals surface area contributed by atoms with E-state index >= 15 is 0 Å². The molecule has 0 saturated carbocycles. The lowest BCUT2D eigenvalue weighted by Crippen LogP contribution is -2.39. The number of hydrogen-bond donors (Lipinski definition) is 2. The lowest BCUT2D eigenvalue weighted by Gasteiger charge is -2.28. The molecule has 1 aromatic heterocycles. The second-order valence-corrected chi connectivity index (χ2v) is 7.57. The SMILES string of the molecule is CN=C(NCCCN1CCc2ccccc2C1)NCc1nc(C(F)(F)F)cs1.I. The van der Waals surface area contributed by atoms with Gasteiger partial charge in [-0.15, -0.1) is 35.3 Å². The van der Waals surface area contributed by atoms with Crippen LogP contribution in [-0.4, -0.2) is 42.5 Å². The second-order valence-electron chi connectivity index (χ2n) is 6.63. The molecule has 0 amide bonds. The highest BCUT2D eigenvalue weighted by Crippen LogP contribution is 2.29. The number of guanidine groups is 1. The largest absolute Gasteiger partial charge is 0.434 e. The number of nitrogens with zero attached hydrogens (tertiary/aromatic N) is 3. The minimum Gasteiger partial charge on any atom is -0.356 e. The number of hydrogen-bond acceptors (Lipinski definition) is 4. The van der Waals surface area contributed by atoms with E-state index in [1.54, 1.807) is 7.05 Å². The number of aromatic nitrogens is 1. The molecular weight excluding hydrogens is 514 g/mol. The van der Waals surface area contributed by atoms with Crippen LogP contribution in [0.25, 0.3) is 0 Å². The summed E-state index contributed by atoms with van der Waals surface area (Å²) in [5.74, 6) is 0.563. The lowest BCUT2D eigenvalue weighted by atomic mass is 10.00. The van der Waals surface area contributed by atoms with Gasteiger partial charge in [-0.3, -0.25) is 9.89 Å². The van der Waals surface area contributed by atoms with Crippen molar-refractivity contribution in [2.45, 2.75) is 32.1 Å². The van der Waals surface area contributed by atoms with Crippen molar-refractivity contribution in [3.8, 4) is 0 Å². The Kier molecular flexibility index (Phi) is 9.15. The Balaban J connectivity index is 0.00000300. The third-order valence-corrected chi connectivity index (χ3v) is 5.47. The van der Waals surface area contributed by atoms with Gasteiger partial charge in [-0.25, -0.2) is 4.98 Å². The molecule has 5 nitrogen and oxygen atoms in total. The highest BCUT2D eigenvalue weighted by Gasteiger charge is 2.33. The maximum Gasteiger partial charge on any atom is 0.434 e. The molecule has 0 fully saturated rings. The van der Waals surface area contributed by atoms with Gasteiger partial charge in [-0.2, -0.15) is 13.2 Å². The molecule has 0 radical (unpaired) electrons. The molecule has 1 aliphatic heterocycles. The fraction of sp³-hybridized carbons (Fsp3) is 0.474. The highest BCUT2D eigenvalue weighted by molar-refractivity contribution is 14.0. The van der Waals surface area contributed by atoms with Crippen LogP contribution in [0.1, 0.15) is 28.2 Å². The average Bonchev–Trinajstić information content (AvgIpc) is 3.17. The Morgan fingerprint density at radius 1 is 1.24 bits per heavy atom. The second kappa shape index (κ2) is 11.1. The van der Waals surface area contributed by atoms with Crippen molar-refractivity contribution in [3.05, 3.63) is 51.5 Å². The van der Waals surface area contributed by atoms with Crippen molar-refractivity contribution in [2.24, 2.45) is 4.99 Å². The first-order chi connectivity index (χ1) is 13.5. The van der Waals surface area contributed by atoms with Gasteiger partial charge in [-0.1, -0.05) is 24.3 Å². The lowest BCUT2D eigenvalue weighted by molar-refractivity contribution is -0.140. The van der Waals surface area contributed by atoms with E-state index in [-0.39, 0.29) is 30.5 Å². The predicted octanol–water partition coefficient (Wildman–Crippen LogP) is 3.89. The Labute approximate surface area is 189 Å². The molecule has 1 aromatic carbocycles. The van der Waals surface area contributed by atoms with Crippen molar-refractivity contribution in [1.29, 1.82) is 0 Å². The molecular formula is C19H25F3IN5S. The van der Waals surface area contributed by atoms with Gasteiger partial charge in [0.1, 0.15) is 5.01 Å². The van der Waals surface area contributed by atoms with Gasteiger partial charge in [0.2, 0.25) is 0 Å². The zero-order valence-electron chi connectivity index (χ0n) is 16.1. The van der Waals surface area contributed by atoms with Crippen molar-refractivity contribution in [2.75, 3.05) is 26.7 Å². The van der Waals surface area contributed by atoms with Gasteiger partial charge in [0.25, 0.3) is 0 Å². The number of thiazole rings is 1. The normalized spacial score (nSPS) is 14.8. The van der Waals surface area contributed by atoms with Crippen LogP contribution in [0.4, 0.5) is 13.2 Å². The van der Waals surface area contributed by atoms with Crippen LogP contribution in [0.3, 0.4) is 0 Å². The Morgan fingerprint density at radius 3 is 2.69 bits per heavy atom. The van der Waals surface area contributed by atoms with Crippen LogP contribution >= 0.6 is 35.3 Å². The summed E-state index contributed by atoms with van der Waals surface area (Å²) in [6, 6.07) is 8.56. The summed E-state index contributed by atoms with van der Waals surface area (Å²) >= 11 is 0.987. The molecule has 2 aromatic rings. The summed E-state index contributed by atoms with van der Waals surface area (Å²) in [6.45, 7) is 3.98. The van der Waals surface area contributed by atoms with Crippen molar-refractivity contribution in [3.63, 3.8) is 0 Å². The van der Waals surface area contributed by atoms with Crippen LogP contribution < -0.4 is 10.6 Å². The van der Waals surface area contributed by atoms with Gasteiger partial charge in [-0.05, 0) is 24.0 Å². The van der Waals surface area contributed by atoms with E-state index in [1.807, 2.05) is 0 Å². The molecule has 2 N–H and O–H groups in total. The molecule has 29 heavy (non-hydrogen) atoms. The first kappa shape index (κ1) is 23.9. The summed E-state index contributed by atoms with van der Waals surface area (Å²) in [5.41, 5.74) is 2.00. The summed E-state index contributed by atoms with van der Waals surface area (Å²) < 4.78 is 37.8. The Bertz CT molecular complexity index is 809. The topological polar surface area (TPSA) is 52.6 Å². The number of halogens is 4. The summed E-state index contributed by atoms with van der Waals surface area (Å²) in [4.78, 5) is 10.2. The molecule has 2 heterocycles. The van der Waals surface area contributed by atoms with E-state index in [2.05, 4.69) is 49.8 Å². The number of aliphatic imine (C=N–C) groups is 1. The first-order valence-corrected chi connectivity index (χ1v) is 10.1. The molecule has 0 saturated heterocycles. The first-order valence-electron chi connectivity index (χ1n) is 9.21. The molecule has 0 spiro atoms. The van der Waals surface area contributed by atoms with E-state index in [0.29, 0.717) is 11.0 Å². The van der Waals surface area contributed by atoms with Gasteiger partial charge < -0.3 is 10.6 Å². The van der Waals surface area contributed by atoms with Crippen molar-refractivity contribution in [1.82, 2.24) is 20.5 Å². The minimum atomic E-state index is -4.40. The quantitative estimate of drug-likeness (QED) is 0.253. The van der Waals surface area contributed by atoms with Gasteiger partial charge >= 0.3 is 6.18 Å². The fourth-order valence-electron chi connectivity index (χ4n) is 3.16. The van der Waals surface area contributed by atoms with Gasteiger partial charge in [0.15, 0.2) is 11.7 Å². The van der Waals surface area contributed by atoms with Crippen LogP contribution in [0.5, 0.6) is 0 Å². The predicted molar refractivity (Wildman–Crippen MR) is 121 cm³/mol. The standard InChI is InChI=1S/C19H24F3N5S.HI/c1-23-18(25-11-17-26-16(13-28-17)19(20,21)22)24-8-4-9-27-10-7-14-5-2-3-6-15(14)12-27;/h2-3,5-6,13H,4,7-12H2,1H3,(H2,23,24,25);1H. The smallest absolute Gasteiger partial charge is 0.356 e. The van der Waals surface area contributed by atoms with Gasteiger partial charge in [0.05, 0.1) is 6.54 Å². The third-order valence-electron chi connectivity index (χ3n) is 4.63. The van der Waals surface area contributed by atoms with Crippen molar-refractivity contribution >= 4 is 41.3 Å². The maximum atomic E-state index is 12.6. The number of alkyl halides is 3. The average molecular weight is 539 g/mol. The highest BCUT2D eigenvalue weighted by atomic mass is 127. The Morgan fingerprint density at radius 2 is 2.00 bits per heavy atom. The summed E-state index contributed by atoms with van der Waals surface area (Å²) in [6.07, 6.45) is -2.36. The van der Waals surface area contributed by atoms with E-state index in [0.717, 1.165) is 55.7 Å². The molecule has 3 rings (SSSR count). The molecule has 0 atom stereocenters. The molecule has 1 aliphatic rings. The number of nitrogens with one attached hydrogen (secondary N) is 2. The minimum absolute atomic E-state index is 0. The molecule has 0 aliphatic carbocycles. The molecule has 0 bridgehead atoms. The van der Waals surface area contributed by atoms with E-state index in [4.69, 9.17) is 0 Å². The van der Waals surface area contributed by atoms with E-state index in [1.165, 1.54) is 11.1 Å². The fourth-order valence-corrected chi connectivity index (χ4v) is 3.90. The molecule has 0 unspecified atom stereocenters. The van der Waals surface area contributed by atoms with Crippen LogP contribution in [0, 0.1) is 0 Å². The zero-order valence-corrected chi connectivity index (χ0v) is 19.3. The van der Waals surface area contributed by atoms with Crippen LogP contribution in [-0.2, 0) is 25.7 Å². The number of benzene rings is 1. The van der Waals surface area contributed by atoms with Crippen molar-refractivity contribution < 1.29 is 13.2 Å². The van der Waals surface area contributed by atoms with Crippen LogP contribution in [0.15, 0.2) is 34.6 Å². The summed E-state index contributed by atoms with van der Waals surface area (Å²) in [7, 11) is 1.64. The monoisotopic (exact) mass is 539 g/mol. The Hall–Kier alpha value is -1.40. The molecule has 160 valence electrons. The number of fused-ring (bicyclic) bond motifs is 1. The van der Waals surface area contributed by atoms with E-state index in [9.17, 15) is 13.2 Å². The maximum absolute atomic E-state index is 12.6. The third kappa shape index (κ3) is 7.10. The molecule has 10 heteroatoms. The zero-order chi connectivity index (χ0) is 20.0.